The van der Waals surface area contributed by atoms with Crippen LogP contribution in [-0.2, 0) is 0 Å². The van der Waals surface area contributed by atoms with E-state index in [4.69, 9.17) is 24.5 Å². The van der Waals surface area contributed by atoms with Crippen LogP contribution < -0.4 is 19.9 Å². The maximum Gasteiger partial charge on any atom is 0.204 e. The number of anilines is 1. The summed E-state index contributed by atoms with van der Waals surface area (Å²) < 4.78 is 21.2. The summed E-state index contributed by atoms with van der Waals surface area (Å²) >= 11 is 0. The van der Waals surface area contributed by atoms with E-state index in [1.807, 2.05) is 13.0 Å². The van der Waals surface area contributed by atoms with Crippen molar-refractivity contribution >= 4 is 5.82 Å². The SMILES string of the molecule is COc1ccc(-c2onc(N)c2C)c(OC)c1OC. The predicted molar refractivity (Wildman–Crippen MR) is 70.7 cm³/mol. The van der Waals surface area contributed by atoms with Gasteiger partial charge in [-0.3, -0.25) is 0 Å². The largest absolute Gasteiger partial charge is 0.493 e. The summed E-state index contributed by atoms with van der Waals surface area (Å²) in [5.74, 6) is 2.49. The average Bonchev–Trinajstić information content (AvgIpc) is 2.77. The van der Waals surface area contributed by atoms with Crippen LogP contribution >= 0.6 is 0 Å². The second kappa shape index (κ2) is 5.09. The van der Waals surface area contributed by atoms with Crippen LogP contribution in [0.3, 0.4) is 0 Å². The summed E-state index contributed by atoms with van der Waals surface area (Å²) in [5, 5.41) is 3.74. The molecule has 0 saturated carbocycles. The predicted octanol–water partition coefficient (Wildman–Crippen LogP) is 2.26. The number of nitrogens with zero attached hydrogens (tertiary/aromatic N) is 1. The van der Waals surface area contributed by atoms with E-state index in [2.05, 4.69) is 5.16 Å². The Hall–Kier alpha value is -2.37. The van der Waals surface area contributed by atoms with Crippen molar-refractivity contribution < 1.29 is 18.7 Å². The lowest BCUT2D eigenvalue weighted by Crippen LogP contribution is -1.97. The highest BCUT2D eigenvalue weighted by molar-refractivity contribution is 5.76. The monoisotopic (exact) mass is 264 g/mol. The number of nitrogen functional groups attached to an aromatic ring is 1. The highest BCUT2D eigenvalue weighted by Gasteiger charge is 2.21. The highest BCUT2D eigenvalue weighted by atomic mass is 16.5. The van der Waals surface area contributed by atoms with E-state index in [0.717, 1.165) is 5.56 Å². The van der Waals surface area contributed by atoms with Crippen molar-refractivity contribution in [1.29, 1.82) is 0 Å². The third-order valence-electron chi connectivity index (χ3n) is 2.91. The van der Waals surface area contributed by atoms with Crippen molar-refractivity contribution in [2.24, 2.45) is 0 Å². The summed E-state index contributed by atoms with van der Waals surface area (Å²) in [6.07, 6.45) is 0. The Bertz CT molecular complexity index is 593. The topological polar surface area (TPSA) is 79.7 Å². The van der Waals surface area contributed by atoms with Gasteiger partial charge in [-0.05, 0) is 19.1 Å². The van der Waals surface area contributed by atoms with Crippen molar-refractivity contribution in [2.75, 3.05) is 27.1 Å². The molecule has 19 heavy (non-hydrogen) atoms. The first-order valence-electron chi connectivity index (χ1n) is 5.65. The fraction of sp³-hybridized carbons (Fsp3) is 0.308. The minimum atomic E-state index is 0.354. The molecule has 1 heterocycles. The van der Waals surface area contributed by atoms with Gasteiger partial charge in [0.1, 0.15) is 0 Å². The van der Waals surface area contributed by atoms with Crippen LogP contribution in [-0.4, -0.2) is 26.5 Å². The molecule has 0 spiro atoms. The number of benzene rings is 1. The van der Waals surface area contributed by atoms with E-state index >= 15 is 0 Å². The molecule has 6 heteroatoms. The van der Waals surface area contributed by atoms with E-state index in [-0.39, 0.29) is 0 Å². The quantitative estimate of drug-likeness (QED) is 0.912. The van der Waals surface area contributed by atoms with Gasteiger partial charge in [0, 0.05) is 5.56 Å². The molecule has 1 aromatic carbocycles. The molecule has 102 valence electrons. The molecule has 0 aliphatic heterocycles. The molecule has 0 aliphatic carbocycles. The first kappa shape index (κ1) is 13.1. The number of methoxy groups -OCH3 is 3. The summed E-state index contributed by atoms with van der Waals surface area (Å²) in [7, 11) is 4.66. The smallest absolute Gasteiger partial charge is 0.204 e. The molecule has 6 nitrogen and oxygen atoms in total. The Morgan fingerprint density at radius 3 is 2.21 bits per heavy atom. The van der Waals surface area contributed by atoms with Crippen molar-refractivity contribution in [2.45, 2.75) is 6.92 Å². The summed E-state index contributed by atoms with van der Waals surface area (Å²) in [5.41, 5.74) is 7.16. The van der Waals surface area contributed by atoms with E-state index in [1.54, 1.807) is 27.4 Å². The minimum absolute atomic E-state index is 0.354. The van der Waals surface area contributed by atoms with Crippen LogP contribution in [0, 0.1) is 6.92 Å². The fourth-order valence-corrected chi connectivity index (χ4v) is 1.88. The molecule has 0 amide bonds. The van der Waals surface area contributed by atoms with Crippen LogP contribution in [0.15, 0.2) is 16.7 Å². The third-order valence-corrected chi connectivity index (χ3v) is 2.91. The maximum absolute atomic E-state index is 5.69. The number of nitrogens with two attached hydrogens (primary N) is 1. The Kier molecular flexibility index (Phi) is 3.50. The maximum atomic E-state index is 5.69. The Labute approximate surface area is 111 Å². The zero-order chi connectivity index (χ0) is 14.0. The standard InChI is InChI=1S/C13H16N2O4/c1-7-10(19-15-13(7)14)8-5-6-9(16-2)12(18-4)11(8)17-3/h5-6H,1-4H3,(H2,14,15). The van der Waals surface area contributed by atoms with Crippen LogP contribution in [0.1, 0.15) is 5.56 Å². The first-order valence-corrected chi connectivity index (χ1v) is 5.65. The molecule has 0 saturated heterocycles. The molecule has 2 aromatic rings. The van der Waals surface area contributed by atoms with Gasteiger partial charge in [-0.1, -0.05) is 5.16 Å². The molecule has 1 aromatic heterocycles. The number of hydrogen-bond acceptors (Lipinski definition) is 6. The van der Waals surface area contributed by atoms with Crippen LogP contribution in [0.2, 0.25) is 0 Å². The number of rotatable bonds is 4. The summed E-state index contributed by atoms with van der Waals surface area (Å²) in [4.78, 5) is 0. The van der Waals surface area contributed by atoms with Gasteiger partial charge in [-0.15, -0.1) is 0 Å². The summed E-state index contributed by atoms with van der Waals surface area (Å²) in [6.45, 7) is 1.83. The molecule has 0 fully saturated rings. The number of ether oxygens (including phenoxy) is 3. The van der Waals surface area contributed by atoms with Gasteiger partial charge < -0.3 is 24.5 Å². The fourth-order valence-electron chi connectivity index (χ4n) is 1.88. The van der Waals surface area contributed by atoms with E-state index < -0.39 is 0 Å². The molecule has 2 N–H and O–H groups in total. The minimum Gasteiger partial charge on any atom is -0.493 e. The lowest BCUT2D eigenvalue weighted by atomic mass is 10.1. The van der Waals surface area contributed by atoms with Crippen LogP contribution in [0.25, 0.3) is 11.3 Å². The highest BCUT2D eigenvalue weighted by Crippen LogP contribution is 2.45. The van der Waals surface area contributed by atoms with E-state index in [9.17, 15) is 0 Å². The second-order valence-electron chi connectivity index (χ2n) is 3.90. The van der Waals surface area contributed by atoms with Gasteiger partial charge in [0.05, 0.1) is 26.9 Å². The normalized spacial score (nSPS) is 10.3. The second-order valence-corrected chi connectivity index (χ2v) is 3.90. The lowest BCUT2D eigenvalue weighted by molar-refractivity contribution is 0.324. The van der Waals surface area contributed by atoms with Gasteiger partial charge in [0.15, 0.2) is 23.1 Å². The zero-order valence-electron chi connectivity index (χ0n) is 11.3. The Morgan fingerprint density at radius 1 is 1.05 bits per heavy atom. The molecule has 0 radical (unpaired) electrons. The molecular formula is C13H16N2O4. The van der Waals surface area contributed by atoms with Crippen molar-refractivity contribution in [3.05, 3.63) is 17.7 Å². The first-order chi connectivity index (χ1) is 9.13. The number of hydrogen-bond donors (Lipinski definition) is 1. The van der Waals surface area contributed by atoms with Crippen molar-refractivity contribution in [3.8, 4) is 28.6 Å². The van der Waals surface area contributed by atoms with Gasteiger partial charge in [0.2, 0.25) is 5.75 Å². The summed E-state index contributed by atoms with van der Waals surface area (Å²) in [6, 6.07) is 3.59. The molecule has 2 rings (SSSR count). The molecular weight excluding hydrogens is 248 g/mol. The van der Waals surface area contributed by atoms with Gasteiger partial charge in [0.25, 0.3) is 0 Å². The van der Waals surface area contributed by atoms with E-state index in [0.29, 0.717) is 34.4 Å². The molecule has 0 atom stereocenters. The van der Waals surface area contributed by atoms with Crippen molar-refractivity contribution in [1.82, 2.24) is 5.16 Å². The third kappa shape index (κ3) is 2.05. The zero-order valence-corrected chi connectivity index (χ0v) is 11.3. The Morgan fingerprint density at radius 2 is 1.74 bits per heavy atom. The lowest BCUT2D eigenvalue weighted by Gasteiger charge is -2.14. The molecule has 0 unspecified atom stereocenters. The number of aromatic nitrogens is 1. The van der Waals surface area contributed by atoms with E-state index in [1.165, 1.54) is 0 Å². The molecule has 0 aliphatic rings. The van der Waals surface area contributed by atoms with Gasteiger partial charge in [-0.2, -0.15) is 0 Å². The molecule has 0 bridgehead atoms. The van der Waals surface area contributed by atoms with Crippen LogP contribution in [0.5, 0.6) is 17.2 Å². The van der Waals surface area contributed by atoms with Gasteiger partial charge in [-0.25, -0.2) is 0 Å². The van der Waals surface area contributed by atoms with Crippen molar-refractivity contribution in [3.63, 3.8) is 0 Å². The Balaban J connectivity index is 2.67. The average molecular weight is 264 g/mol. The van der Waals surface area contributed by atoms with Crippen LogP contribution in [0.4, 0.5) is 5.82 Å². The van der Waals surface area contributed by atoms with Gasteiger partial charge >= 0.3 is 0 Å².